The molecule has 3 heterocycles. The van der Waals surface area contributed by atoms with Crippen LogP contribution in [0, 0.1) is 5.92 Å². The van der Waals surface area contributed by atoms with E-state index in [1.807, 2.05) is 18.3 Å². The first-order chi connectivity index (χ1) is 14.2. The number of rotatable bonds is 4. The molecule has 0 radical (unpaired) electrons. The molecule has 0 spiro atoms. The van der Waals surface area contributed by atoms with Gasteiger partial charge in [0.25, 0.3) is 0 Å². The number of fused-ring (bicyclic) bond motifs is 1. The lowest BCUT2D eigenvalue weighted by atomic mass is 9.73. The lowest BCUT2D eigenvalue weighted by Crippen LogP contribution is -2.73. The van der Waals surface area contributed by atoms with Crippen LogP contribution in [-0.2, 0) is 9.59 Å². The van der Waals surface area contributed by atoms with Gasteiger partial charge in [-0.15, -0.1) is 0 Å². The number of piperazine rings is 1. The van der Waals surface area contributed by atoms with Crippen molar-refractivity contribution in [2.75, 3.05) is 19.7 Å². The molecule has 1 saturated carbocycles. The maximum atomic E-state index is 12.7. The van der Waals surface area contributed by atoms with Gasteiger partial charge in [0.15, 0.2) is 0 Å². The lowest BCUT2D eigenvalue weighted by molar-refractivity contribution is -0.169. The van der Waals surface area contributed by atoms with Gasteiger partial charge in [0, 0.05) is 30.8 Å². The quantitative estimate of drug-likeness (QED) is 0.866. The molecule has 2 amide bonds. The summed E-state index contributed by atoms with van der Waals surface area (Å²) in [5, 5.41) is 9.93. The summed E-state index contributed by atoms with van der Waals surface area (Å²) in [6, 6.07) is 11.9. The third-order valence-electron chi connectivity index (χ3n) is 6.81. The maximum absolute atomic E-state index is 12.7. The van der Waals surface area contributed by atoms with Crippen molar-refractivity contribution >= 4 is 11.8 Å². The highest BCUT2D eigenvalue weighted by Gasteiger charge is 2.54. The second kappa shape index (κ2) is 7.26. The van der Waals surface area contributed by atoms with Crippen LogP contribution in [0.4, 0.5) is 0 Å². The number of aliphatic hydroxyl groups excluding tert-OH is 1. The molecule has 0 unspecified atom stereocenters. The molecule has 2 aromatic rings. The second-order valence-electron chi connectivity index (χ2n) is 8.35. The number of hydrogen-bond acceptors (Lipinski definition) is 4. The Kier molecular flexibility index (Phi) is 4.59. The van der Waals surface area contributed by atoms with E-state index in [1.54, 1.807) is 16.0 Å². The molecule has 1 N–H and O–H groups in total. The smallest absolute Gasteiger partial charge is 0.242 e. The van der Waals surface area contributed by atoms with E-state index in [2.05, 4.69) is 29.2 Å². The van der Waals surface area contributed by atoms with Crippen molar-refractivity contribution in [3.05, 3.63) is 54.4 Å². The summed E-state index contributed by atoms with van der Waals surface area (Å²) >= 11 is 0. The highest BCUT2D eigenvalue weighted by Crippen LogP contribution is 2.43. The van der Waals surface area contributed by atoms with E-state index in [0.717, 1.165) is 36.0 Å². The Morgan fingerprint density at radius 1 is 1.14 bits per heavy atom. The summed E-state index contributed by atoms with van der Waals surface area (Å²) in [5.41, 5.74) is 3.24. The van der Waals surface area contributed by atoms with Gasteiger partial charge in [-0.3, -0.25) is 14.6 Å². The zero-order valence-corrected chi connectivity index (χ0v) is 16.3. The van der Waals surface area contributed by atoms with E-state index >= 15 is 0 Å². The lowest BCUT2D eigenvalue weighted by Gasteiger charge is -2.59. The Balaban J connectivity index is 1.37. The third kappa shape index (κ3) is 3.02. The molecule has 2 saturated heterocycles. The van der Waals surface area contributed by atoms with Crippen molar-refractivity contribution in [1.29, 1.82) is 0 Å². The molecule has 3 fully saturated rings. The van der Waals surface area contributed by atoms with Crippen molar-refractivity contribution in [2.24, 2.45) is 5.92 Å². The van der Waals surface area contributed by atoms with Crippen LogP contribution in [-0.4, -0.2) is 63.5 Å². The number of carbonyl (C=O) groups excluding carboxylic acids is 2. The number of aromatic nitrogens is 1. The largest absolute Gasteiger partial charge is 0.394 e. The van der Waals surface area contributed by atoms with Crippen LogP contribution in [0.15, 0.2) is 48.8 Å². The molecule has 6 heteroatoms. The van der Waals surface area contributed by atoms with Crippen LogP contribution >= 0.6 is 0 Å². The molecule has 1 aromatic heterocycles. The minimum Gasteiger partial charge on any atom is -0.394 e. The Hall–Kier alpha value is -2.73. The summed E-state index contributed by atoms with van der Waals surface area (Å²) in [7, 11) is 0. The van der Waals surface area contributed by atoms with Gasteiger partial charge in [-0.2, -0.15) is 0 Å². The van der Waals surface area contributed by atoms with Crippen molar-refractivity contribution in [3.63, 3.8) is 0 Å². The van der Waals surface area contributed by atoms with Crippen LogP contribution < -0.4 is 0 Å². The maximum Gasteiger partial charge on any atom is 0.242 e. The highest BCUT2D eigenvalue weighted by molar-refractivity contribution is 5.89. The molecule has 2 aliphatic heterocycles. The molecule has 150 valence electrons. The van der Waals surface area contributed by atoms with Gasteiger partial charge in [-0.1, -0.05) is 36.8 Å². The number of pyridine rings is 1. The summed E-state index contributed by atoms with van der Waals surface area (Å²) in [6.45, 7) is 0.648. The highest BCUT2D eigenvalue weighted by atomic mass is 16.3. The van der Waals surface area contributed by atoms with Crippen LogP contribution in [0.3, 0.4) is 0 Å². The zero-order valence-electron chi connectivity index (χ0n) is 16.3. The molecule has 6 nitrogen and oxygen atoms in total. The zero-order chi connectivity index (χ0) is 20.0. The van der Waals surface area contributed by atoms with Crippen molar-refractivity contribution in [3.8, 4) is 11.1 Å². The normalized spacial score (nSPS) is 26.5. The number of hydrogen-bond donors (Lipinski definition) is 1. The molecule has 5 rings (SSSR count). The van der Waals surface area contributed by atoms with Gasteiger partial charge in [0.05, 0.1) is 25.2 Å². The number of benzene rings is 1. The summed E-state index contributed by atoms with van der Waals surface area (Å²) in [6.07, 6.45) is 6.57. The van der Waals surface area contributed by atoms with Gasteiger partial charge >= 0.3 is 0 Å². The van der Waals surface area contributed by atoms with Crippen LogP contribution in [0.2, 0.25) is 0 Å². The summed E-state index contributed by atoms with van der Waals surface area (Å²) < 4.78 is 0. The van der Waals surface area contributed by atoms with E-state index in [0.29, 0.717) is 6.54 Å². The predicted molar refractivity (Wildman–Crippen MR) is 108 cm³/mol. The average molecular weight is 391 g/mol. The first kappa shape index (κ1) is 18.3. The number of nitrogens with zero attached hydrogens (tertiary/aromatic N) is 3. The molecule has 3 atom stereocenters. The molecule has 1 aliphatic carbocycles. The van der Waals surface area contributed by atoms with Gasteiger partial charge < -0.3 is 14.9 Å². The first-order valence-corrected chi connectivity index (χ1v) is 10.4. The van der Waals surface area contributed by atoms with E-state index in [-0.39, 0.29) is 48.9 Å². The van der Waals surface area contributed by atoms with Crippen LogP contribution in [0.5, 0.6) is 0 Å². The van der Waals surface area contributed by atoms with E-state index < -0.39 is 0 Å². The van der Waals surface area contributed by atoms with Crippen LogP contribution in [0.25, 0.3) is 11.1 Å². The fourth-order valence-corrected chi connectivity index (χ4v) is 5.01. The Labute approximate surface area is 170 Å². The van der Waals surface area contributed by atoms with Gasteiger partial charge in [-0.25, -0.2) is 0 Å². The summed E-state index contributed by atoms with van der Waals surface area (Å²) in [5.74, 6) is 0.225. The van der Waals surface area contributed by atoms with Crippen molar-refractivity contribution in [2.45, 2.75) is 37.3 Å². The average Bonchev–Trinajstić information content (AvgIpc) is 2.69. The Morgan fingerprint density at radius 2 is 1.93 bits per heavy atom. The third-order valence-corrected chi connectivity index (χ3v) is 6.81. The minimum absolute atomic E-state index is 0.0452. The topological polar surface area (TPSA) is 73.7 Å². The number of aliphatic hydroxyl groups is 1. The standard InChI is InChI=1S/C23H25N3O3/c27-14-20-22(16-8-6-15(7-9-16)18-5-2-10-24-11-18)19-12-25(13-21(28)26(19)20)23(29)17-3-1-4-17/h2,5-11,17,19-20,22,27H,1,3-4,12-14H2/t19-,20-,22+/m0/s1. The summed E-state index contributed by atoms with van der Waals surface area (Å²) in [4.78, 5) is 33.1. The van der Waals surface area contributed by atoms with Crippen molar-refractivity contribution in [1.82, 2.24) is 14.8 Å². The molecule has 0 bridgehead atoms. The SMILES string of the molecule is O=C(C1CCC1)N1CC(=O)N2[C@@H](CO)[C@H](c3ccc(-c4cccnc4)cc3)[C@@H]2C1. The first-order valence-electron chi connectivity index (χ1n) is 10.4. The number of amides is 2. The Morgan fingerprint density at radius 3 is 2.55 bits per heavy atom. The van der Waals surface area contributed by atoms with E-state index in [4.69, 9.17) is 0 Å². The fraction of sp³-hybridized carbons (Fsp3) is 0.435. The minimum atomic E-state index is -0.210. The predicted octanol–water partition coefficient (Wildman–Crippen LogP) is 2.05. The Bertz CT molecular complexity index is 911. The fourth-order valence-electron chi connectivity index (χ4n) is 5.01. The van der Waals surface area contributed by atoms with Gasteiger partial charge in [-0.05, 0) is 35.6 Å². The number of carbonyl (C=O) groups is 2. The van der Waals surface area contributed by atoms with E-state index in [9.17, 15) is 14.7 Å². The molecule has 29 heavy (non-hydrogen) atoms. The van der Waals surface area contributed by atoms with Crippen LogP contribution in [0.1, 0.15) is 30.7 Å². The molecular weight excluding hydrogens is 366 g/mol. The second-order valence-corrected chi connectivity index (χ2v) is 8.35. The molecule has 1 aromatic carbocycles. The van der Waals surface area contributed by atoms with Crippen molar-refractivity contribution < 1.29 is 14.7 Å². The monoisotopic (exact) mass is 391 g/mol. The van der Waals surface area contributed by atoms with Gasteiger partial charge in [0.1, 0.15) is 0 Å². The molecule has 3 aliphatic rings. The van der Waals surface area contributed by atoms with E-state index in [1.165, 1.54) is 0 Å². The molecular formula is C23H25N3O3. The van der Waals surface area contributed by atoms with Gasteiger partial charge in [0.2, 0.25) is 11.8 Å².